The quantitative estimate of drug-likeness (QED) is 0.848. The fourth-order valence-electron chi connectivity index (χ4n) is 2.73. The molecule has 0 aliphatic heterocycles. The van der Waals surface area contributed by atoms with Crippen LogP contribution in [0.5, 0.6) is 5.88 Å². The van der Waals surface area contributed by atoms with E-state index in [1.54, 1.807) is 11.8 Å². The highest BCUT2D eigenvalue weighted by atomic mass is 16.5. The van der Waals surface area contributed by atoms with Crippen molar-refractivity contribution in [2.24, 2.45) is 7.05 Å². The first-order valence-corrected chi connectivity index (χ1v) is 7.52. The van der Waals surface area contributed by atoms with Gasteiger partial charge in [0.15, 0.2) is 0 Å². The summed E-state index contributed by atoms with van der Waals surface area (Å²) in [6, 6.07) is 11.0. The van der Waals surface area contributed by atoms with Crippen LogP contribution in [-0.2, 0) is 13.6 Å². The Bertz CT molecular complexity index is 563. The van der Waals surface area contributed by atoms with Gasteiger partial charge in [-0.25, -0.2) is 4.68 Å². The predicted molar refractivity (Wildman–Crippen MR) is 85.4 cm³/mol. The minimum absolute atomic E-state index is 0.362. The molecule has 0 aliphatic rings. The van der Waals surface area contributed by atoms with E-state index < -0.39 is 0 Å². The highest BCUT2D eigenvalue weighted by Gasteiger charge is 2.16. The van der Waals surface area contributed by atoms with Crippen LogP contribution in [0.3, 0.4) is 0 Å². The Labute approximate surface area is 127 Å². The van der Waals surface area contributed by atoms with Crippen LogP contribution in [0.25, 0.3) is 0 Å². The van der Waals surface area contributed by atoms with Crippen LogP contribution in [0.1, 0.15) is 42.6 Å². The lowest BCUT2D eigenvalue weighted by molar-refractivity contribution is 0.366. The van der Waals surface area contributed by atoms with Gasteiger partial charge in [0.1, 0.15) is 0 Å². The second-order valence-corrected chi connectivity index (χ2v) is 5.33. The van der Waals surface area contributed by atoms with Crippen LogP contribution in [0.2, 0.25) is 0 Å². The normalized spacial score (nSPS) is 12.4. The minimum Gasteiger partial charge on any atom is -0.481 e. The van der Waals surface area contributed by atoms with Crippen LogP contribution in [0.4, 0.5) is 0 Å². The smallest absolute Gasteiger partial charge is 0.216 e. The minimum atomic E-state index is 0.362. The number of aromatic nitrogens is 2. The molecule has 1 aromatic carbocycles. The van der Waals surface area contributed by atoms with Gasteiger partial charge in [-0.2, -0.15) is 5.10 Å². The van der Waals surface area contributed by atoms with Gasteiger partial charge >= 0.3 is 0 Å². The summed E-state index contributed by atoms with van der Waals surface area (Å²) >= 11 is 0. The van der Waals surface area contributed by atoms with E-state index in [2.05, 4.69) is 47.7 Å². The molecule has 4 nitrogen and oxygen atoms in total. The van der Waals surface area contributed by atoms with E-state index in [-0.39, 0.29) is 0 Å². The second kappa shape index (κ2) is 7.27. The standard InChI is InChI=1S/C17H25N3O/c1-5-9-16(14-10-7-6-8-11-14)18-12-15-13(2)19-20(3)17(15)21-4/h6-8,10-11,16,18H,5,9,12H2,1-4H3. The lowest BCUT2D eigenvalue weighted by atomic mass is 10.0. The maximum atomic E-state index is 5.46. The molecule has 1 heterocycles. The van der Waals surface area contributed by atoms with E-state index in [1.807, 2.05) is 14.0 Å². The van der Waals surface area contributed by atoms with Crippen LogP contribution < -0.4 is 10.1 Å². The third-order valence-electron chi connectivity index (χ3n) is 3.79. The van der Waals surface area contributed by atoms with E-state index in [4.69, 9.17) is 4.74 Å². The Morgan fingerprint density at radius 3 is 2.62 bits per heavy atom. The molecule has 1 aromatic heterocycles. The summed E-state index contributed by atoms with van der Waals surface area (Å²) in [7, 11) is 3.61. The van der Waals surface area contributed by atoms with Gasteiger partial charge in [-0.3, -0.25) is 0 Å². The lowest BCUT2D eigenvalue weighted by Gasteiger charge is -2.19. The Balaban J connectivity index is 2.13. The number of methoxy groups -OCH3 is 1. The topological polar surface area (TPSA) is 39.1 Å². The summed E-state index contributed by atoms with van der Waals surface area (Å²) in [6.07, 6.45) is 2.27. The molecule has 0 fully saturated rings. The molecule has 0 saturated carbocycles. The molecule has 0 amide bonds. The van der Waals surface area contributed by atoms with E-state index in [0.717, 1.165) is 36.5 Å². The number of benzene rings is 1. The molecule has 114 valence electrons. The monoisotopic (exact) mass is 287 g/mol. The number of nitrogens with one attached hydrogen (secondary N) is 1. The fraction of sp³-hybridized carbons (Fsp3) is 0.471. The third kappa shape index (κ3) is 3.64. The largest absolute Gasteiger partial charge is 0.481 e. The molecule has 0 saturated heterocycles. The number of hydrogen-bond donors (Lipinski definition) is 1. The van der Waals surface area contributed by atoms with Crippen LogP contribution >= 0.6 is 0 Å². The highest BCUT2D eigenvalue weighted by molar-refractivity contribution is 5.31. The van der Waals surface area contributed by atoms with Crippen molar-refractivity contribution in [3.8, 4) is 5.88 Å². The number of hydrogen-bond acceptors (Lipinski definition) is 3. The van der Waals surface area contributed by atoms with Gasteiger partial charge in [0.2, 0.25) is 5.88 Å². The first kappa shape index (κ1) is 15.6. The zero-order valence-electron chi connectivity index (χ0n) is 13.4. The summed E-state index contributed by atoms with van der Waals surface area (Å²) in [6.45, 7) is 5.01. The first-order valence-electron chi connectivity index (χ1n) is 7.52. The Morgan fingerprint density at radius 1 is 1.29 bits per heavy atom. The molecule has 0 spiro atoms. The van der Waals surface area contributed by atoms with Gasteiger partial charge in [-0.15, -0.1) is 0 Å². The van der Waals surface area contributed by atoms with Crippen LogP contribution in [-0.4, -0.2) is 16.9 Å². The van der Waals surface area contributed by atoms with E-state index in [9.17, 15) is 0 Å². The molecule has 0 aliphatic carbocycles. The summed E-state index contributed by atoms with van der Waals surface area (Å²) in [4.78, 5) is 0. The molecule has 21 heavy (non-hydrogen) atoms. The van der Waals surface area contributed by atoms with Crippen LogP contribution in [0.15, 0.2) is 30.3 Å². The Morgan fingerprint density at radius 2 is 2.00 bits per heavy atom. The maximum Gasteiger partial charge on any atom is 0.216 e. The summed E-state index contributed by atoms with van der Waals surface area (Å²) in [5.74, 6) is 0.836. The molecule has 0 radical (unpaired) electrons. The van der Waals surface area contributed by atoms with Crippen molar-refractivity contribution in [1.29, 1.82) is 0 Å². The van der Waals surface area contributed by atoms with E-state index >= 15 is 0 Å². The second-order valence-electron chi connectivity index (χ2n) is 5.33. The van der Waals surface area contributed by atoms with Gasteiger partial charge in [-0.1, -0.05) is 43.7 Å². The fourth-order valence-corrected chi connectivity index (χ4v) is 2.73. The summed E-state index contributed by atoms with van der Waals surface area (Å²) < 4.78 is 7.25. The summed E-state index contributed by atoms with van der Waals surface area (Å²) in [5.41, 5.74) is 3.49. The lowest BCUT2D eigenvalue weighted by Crippen LogP contribution is -2.21. The zero-order valence-corrected chi connectivity index (χ0v) is 13.4. The van der Waals surface area contributed by atoms with Gasteiger partial charge in [0.05, 0.1) is 18.4 Å². The molecular weight excluding hydrogens is 262 g/mol. The molecule has 1 unspecified atom stereocenters. The van der Waals surface area contributed by atoms with Crippen LogP contribution in [0, 0.1) is 6.92 Å². The highest BCUT2D eigenvalue weighted by Crippen LogP contribution is 2.23. The molecule has 1 N–H and O–H groups in total. The summed E-state index contributed by atoms with van der Waals surface area (Å²) in [5, 5.41) is 8.08. The van der Waals surface area contributed by atoms with Gasteiger partial charge in [-0.05, 0) is 18.9 Å². The molecule has 2 rings (SSSR count). The number of nitrogens with zero attached hydrogens (tertiary/aromatic N) is 2. The van der Waals surface area contributed by atoms with Crippen molar-refractivity contribution in [3.05, 3.63) is 47.2 Å². The maximum absolute atomic E-state index is 5.46. The van der Waals surface area contributed by atoms with E-state index in [0.29, 0.717) is 6.04 Å². The van der Waals surface area contributed by atoms with Crippen molar-refractivity contribution in [3.63, 3.8) is 0 Å². The molecule has 2 aromatic rings. The molecule has 4 heteroatoms. The predicted octanol–water partition coefficient (Wildman–Crippen LogP) is 3.37. The van der Waals surface area contributed by atoms with Crippen molar-refractivity contribution >= 4 is 0 Å². The first-order chi connectivity index (χ1) is 10.2. The average Bonchev–Trinajstić information content (AvgIpc) is 2.77. The van der Waals surface area contributed by atoms with Crippen molar-refractivity contribution in [2.75, 3.05) is 7.11 Å². The van der Waals surface area contributed by atoms with Gasteiger partial charge in [0, 0.05) is 19.6 Å². The third-order valence-corrected chi connectivity index (χ3v) is 3.79. The van der Waals surface area contributed by atoms with E-state index in [1.165, 1.54) is 5.56 Å². The molecular formula is C17H25N3O. The average molecular weight is 287 g/mol. The number of rotatable bonds is 7. The molecule has 0 bridgehead atoms. The Hall–Kier alpha value is -1.81. The SMILES string of the molecule is CCCC(NCc1c(C)nn(C)c1OC)c1ccccc1. The number of ether oxygens (including phenoxy) is 1. The van der Waals surface area contributed by atoms with Crippen molar-refractivity contribution in [2.45, 2.75) is 39.3 Å². The molecule has 1 atom stereocenters. The number of aryl methyl sites for hydroxylation is 2. The Kier molecular flexibility index (Phi) is 5.39. The zero-order chi connectivity index (χ0) is 15.2. The van der Waals surface area contributed by atoms with Crippen molar-refractivity contribution < 1.29 is 4.74 Å². The van der Waals surface area contributed by atoms with Gasteiger partial charge in [0.25, 0.3) is 0 Å². The van der Waals surface area contributed by atoms with Gasteiger partial charge < -0.3 is 10.1 Å². The van der Waals surface area contributed by atoms with Crippen molar-refractivity contribution in [1.82, 2.24) is 15.1 Å².